The van der Waals surface area contributed by atoms with Gasteiger partial charge in [0.2, 0.25) is 0 Å². The van der Waals surface area contributed by atoms with Gasteiger partial charge in [0, 0.05) is 14.1 Å². The standard InChI is InChI=1S/C13H21N3O/c1-8-6-7-11(10(3)9(8)2)12(14)13(17)15-16(4)5/h6-7,12H,14H2,1-5H3,(H,15,17). The summed E-state index contributed by atoms with van der Waals surface area (Å²) in [5.41, 5.74) is 13.0. The number of carbonyl (C=O) groups excluding carboxylic acids is 1. The lowest BCUT2D eigenvalue weighted by atomic mass is 9.94. The van der Waals surface area contributed by atoms with Crippen LogP contribution in [0.2, 0.25) is 0 Å². The zero-order valence-corrected chi connectivity index (χ0v) is 11.2. The number of rotatable bonds is 3. The summed E-state index contributed by atoms with van der Waals surface area (Å²) in [4.78, 5) is 11.8. The number of nitrogens with one attached hydrogen (secondary N) is 1. The molecule has 0 radical (unpaired) electrons. The molecule has 4 heteroatoms. The van der Waals surface area contributed by atoms with E-state index in [-0.39, 0.29) is 5.91 Å². The SMILES string of the molecule is Cc1ccc(C(N)C(=O)NN(C)C)c(C)c1C. The number of aryl methyl sites for hydroxylation is 1. The Morgan fingerprint density at radius 1 is 1.24 bits per heavy atom. The molecule has 1 amide bonds. The number of hydrogen-bond acceptors (Lipinski definition) is 3. The minimum absolute atomic E-state index is 0.193. The largest absolute Gasteiger partial charge is 0.316 e. The number of nitrogens with zero attached hydrogens (tertiary/aromatic N) is 1. The summed E-state index contributed by atoms with van der Waals surface area (Å²) in [7, 11) is 3.52. The Hall–Kier alpha value is -1.39. The van der Waals surface area contributed by atoms with Gasteiger partial charge >= 0.3 is 0 Å². The van der Waals surface area contributed by atoms with Crippen LogP contribution in [-0.4, -0.2) is 25.0 Å². The first-order valence-corrected chi connectivity index (χ1v) is 5.64. The molecule has 1 rings (SSSR count). The van der Waals surface area contributed by atoms with E-state index in [1.165, 1.54) is 11.1 Å². The van der Waals surface area contributed by atoms with Gasteiger partial charge in [-0.15, -0.1) is 0 Å². The fourth-order valence-corrected chi connectivity index (χ4v) is 1.75. The van der Waals surface area contributed by atoms with Crippen molar-refractivity contribution in [2.75, 3.05) is 14.1 Å². The van der Waals surface area contributed by atoms with E-state index < -0.39 is 6.04 Å². The summed E-state index contributed by atoms with van der Waals surface area (Å²) in [6.45, 7) is 6.10. The van der Waals surface area contributed by atoms with Crippen LogP contribution in [0.5, 0.6) is 0 Å². The van der Waals surface area contributed by atoms with Crippen molar-refractivity contribution in [1.82, 2.24) is 10.4 Å². The molecular weight excluding hydrogens is 214 g/mol. The summed E-state index contributed by atoms with van der Waals surface area (Å²) in [5, 5.41) is 1.60. The van der Waals surface area contributed by atoms with Gasteiger partial charge in [-0.2, -0.15) is 0 Å². The van der Waals surface area contributed by atoms with E-state index in [9.17, 15) is 4.79 Å². The molecule has 0 saturated heterocycles. The first-order valence-electron chi connectivity index (χ1n) is 5.64. The third kappa shape index (κ3) is 3.05. The lowest BCUT2D eigenvalue weighted by Gasteiger charge is -2.19. The highest BCUT2D eigenvalue weighted by molar-refractivity contribution is 5.83. The summed E-state index contributed by atoms with van der Waals surface area (Å²) in [6.07, 6.45) is 0. The summed E-state index contributed by atoms with van der Waals surface area (Å²) < 4.78 is 0. The van der Waals surface area contributed by atoms with Crippen LogP contribution in [0, 0.1) is 20.8 Å². The van der Waals surface area contributed by atoms with Crippen LogP contribution in [0.25, 0.3) is 0 Å². The van der Waals surface area contributed by atoms with Gasteiger partial charge in [-0.3, -0.25) is 10.2 Å². The average molecular weight is 235 g/mol. The Labute approximate surface area is 103 Å². The van der Waals surface area contributed by atoms with Crippen LogP contribution < -0.4 is 11.2 Å². The van der Waals surface area contributed by atoms with Crippen molar-refractivity contribution < 1.29 is 4.79 Å². The summed E-state index contributed by atoms with van der Waals surface area (Å²) in [6, 6.07) is 3.30. The van der Waals surface area contributed by atoms with Gasteiger partial charge in [-0.05, 0) is 43.0 Å². The molecule has 17 heavy (non-hydrogen) atoms. The van der Waals surface area contributed by atoms with E-state index in [0.29, 0.717) is 0 Å². The number of benzene rings is 1. The summed E-state index contributed by atoms with van der Waals surface area (Å²) in [5.74, 6) is -0.193. The highest BCUT2D eigenvalue weighted by Crippen LogP contribution is 2.21. The van der Waals surface area contributed by atoms with Crippen LogP contribution in [-0.2, 0) is 4.79 Å². The molecule has 0 aliphatic heterocycles. The Balaban J connectivity index is 3.01. The van der Waals surface area contributed by atoms with E-state index >= 15 is 0 Å². The number of amides is 1. The maximum atomic E-state index is 11.8. The van der Waals surface area contributed by atoms with Crippen LogP contribution in [0.3, 0.4) is 0 Å². The maximum absolute atomic E-state index is 11.8. The van der Waals surface area contributed by atoms with Crippen LogP contribution in [0.15, 0.2) is 12.1 Å². The Morgan fingerprint density at radius 2 is 1.82 bits per heavy atom. The molecule has 0 aliphatic rings. The molecule has 0 bridgehead atoms. The van der Waals surface area contributed by atoms with E-state index in [0.717, 1.165) is 11.1 Å². The fraction of sp³-hybridized carbons (Fsp3) is 0.462. The minimum Gasteiger partial charge on any atom is -0.316 e. The van der Waals surface area contributed by atoms with Crippen molar-refractivity contribution >= 4 is 5.91 Å². The second-order valence-corrected chi connectivity index (χ2v) is 4.57. The van der Waals surface area contributed by atoms with Crippen molar-refractivity contribution in [2.24, 2.45) is 5.73 Å². The molecule has 94 valence electrons. The molecule has 3 N–H and O–H groups in total. The number of nitrogens with two attached hydrogens (primary N) is 1. The lowest BCUT2D eigenvalue weighted by Crippen LogP contribution is -2.42. The van der Waals surface area contributed by atoms with Crippen molar-refractivity contribution in [3.05, 3.63) is 34.4 Å². The molecule has 1 aromatic rings. The molecule has 1 atom stereocenters. The van der Waals surface area contributed by atoms with Crippen molar-refractivity contribution in [3.63, 3.8) is 0 Å². The van der Waals surface area contributed by atoms with Gasteiger partial charge in [-0.1, -0.05) is 12.1 Å². The van der Waals surface area contributed by atoms with Gasteiger partial charge in [0.15, 0.2) is 0 Å². The van der Waals surface area contributed by atoms with Gasteiger partial charge in [0.1, 0.15) is 6.04 Å². The van der Waals surface area contributed by atoms with Crippen molar-refractivity contribution in [2.45, 2.75) is 26.8 Å². The van der Waals surface area contributed by atoms with Crippen molar-refractivity contribution in [3.8, 4) is 0 Å². The molecule has 0 fully saturated rings. The van der Waals surface area contributed by atoms with Crippen LogP contribution >= 0.6 is 0 Å². The molecule has 0 saturated carbocycles. The first kappa shape index (κ1) is 13.7. The van der Waals surface area contributed by atoms with Crippen molar-refractivity contribution in [1.29, 1.82) is 0 Å². The first-order chi connectivity index (χ1) is 7.84. The number of hydrogen-bond donors (Lipinski definition) is 2. The van der Waals surface area contributed by atoms with E-state index in [2.05, 4.69) is 12.3 Å². The molecule has 1 unspecified atom stereocenters. The van der Waals surface area contributed by atoms with Gasteiger partial charge in [0.25, 0.3) is 5.91 Å². The smallest absolute Gasteiger partial charge is 0.255 e. The molecule has 0 spiro atoms. The zero-order chi connectivity index (χ0) is 13.2. The normalized spacial score (nSPS) is 12.6. The fourth-order valence-electron chi connectivity index (χ4n) is 1.75. The number of hydrazine groups is 1. The topological polar surface area (TPSA) is 58.4 Å². The predicted molar refractivity (Wildman–Crippen MR) is 69.4 cm³/mol. The summed E-state index contributed by atoms with van der Waals surface area (Å²) >= 11 is 0. The van der Waals surface area contributed by atoms with Crippen LogP contribution in [0.1, 0.15) is 28.3 Å². The second-order valence-electron chi connectivity index (χ2n) is 4.57. The van der Waals surface area contributed by atoms with Gasteiger partial charge in [-0.25, -0.2) is 5.01 Å². The monoisotopic (exact) mass is 235 g/mol. The van der Waals surface area contributed by atoms with E-state index in [1.54, 1.807) is 19.1 Å². The maximum Gasteiger partial charge on any atom is 0.255 e. The molecule has 0 heterocycles. The average Bonchev–Trinajstić information content (AvgIpc) is 2.24. The third-order valence-corrected chi connectivity index (χ3v) is 3.05. The van der Waals surface area contributed by atoms with Crippen LogP contribution in [0.4, 0.5) is 0 Å². The Bertz CT molecular complexity index is 427. The molecular formula is C13H21N3O. The Kier molecular flexibility index (Phi) is 4.26. The predicted octanol–water partition coefficient (Wildman–Crippen LogP) is 1.20. The highest BCUT2D eigenvalue weighted by Gasteiger charge is 2.19. The van der Waals surface area contributed by atoms with Gasteiger partial charge < -0.3 is 5.73 Å². The van der Waals surface area contributed by atoms with E-state index in [1.807, 2.05) is 26.0 Å². The molecule has 0 aliphatic carbocycles. The Morgan fingerprint density at radius 3 is 2.35 bits per heavy atom. The molecule has 1 aromatic carbocycles. The quantitative estimate of drug-likeness (QED) is 0.774. The molecule has 0 aromatic heterocycles. The molecule has 4 nitrogen and oxygen atoms in total. The van der Waals surface area contributed by atoms with E-state index in [4.69, 9.17) is 5.73 Å². The highest BCUT2D eigenvalue weighted by atomic mass is 16.2. The zero-order valence-electron chi connectivity index (χ0n) is 11.2. The number of carbonyl (C=O) groups is 1. The second kappa shape index (κ2) is 5.29. The third-order valence-electron chi connectivity index (χ3n) is 3.05. The van der Waals surface area contributed by atoms with Gasteiger partial charge in [0.05, 0.1) is 0 Å². The minimum atomic E-state index is -0.628. The lowest BCUT2D eigenvalue weighted by molar-refractivity contribution is -0.126.